The predicted molar refractivity (Wildman–Crippen MR) is 121 cm³/mol. The summed E-state index contributed by atoms with van der Waals surface area (Å²) in [5, 5.41) is 20.2. The number of aromatic nitrogens is 3. The molecular weight excluding hydrogens is 392 g/mol. The molecule has 3 aromatic rings. The van der Waals surface area contributed by atoms with Gasteiger partial charge in [0.25, 0.3) is 5.91 Å². The van der Waals surface area contributed by atoms with Crippen LogP contribution in [0.1, 0.15) is 20.8 Å². The molecular formula is C23H22N6O2. The van der Waals surface area contributed by atoms with Crippen molar-refractivity contribution in [2.45, 2.75) is 20.8 Å². The number of pyridine rings is 1. The normalized spacial score (nSPS) is 12.5. The van der Waals surface area contributed by atoms with E-state index in [9.17, 15) is 4.79 Å². The third kappa shape index (κ3) is 4.36. The van der Waals surface area contributed by atoms with Crippen LogP contribution in [0.3, 0.4) is 0 Å². The summed E-state index contributed by atoms with van der Waals surface area (Å²) in [6.07, 6.45) is 1.65. The zero-order valence-corrected chi connectivity index (χ0v) is 17.8. The van der Waals surface area contributed by atoms with Gasteiger partial charge in [0.2, 0.25) is 5.88 Å². The number of H-pyrrole nitrogens is 1. The molecule has 0 radical (unpaired) electrons. The highest BCUT2D eigenvalue weighted by Crippen LogP contribution is 2.30. The molecule has 3 rings (SSSR count). The van der Waals surface area contributed by atoms with Gasteiger partial charge in [0.05, 0.1) is 18.7 Å². The lowest BCUT2D eigenvalue weighted by Crippen LogP contribution is -2.15. The number of ether oxygens (including phenoxy) is 1. The molecule has 156 valence electrons. The summed E-state index contributed by atoms with van der Waals surface area (Å²) in [7, 11) is 1.55. The van der Waals surface area contributed by atoms with Gasteiger partial charge >= 0.3 is 0 Å². The fourth-order valence-electron chi connectivity index (χ4n) is 3.07. The van der Waals surface area contributed by atoms with Crippen molar-refractivity contribution in [2.24, 2.45) is 4.99 Å². The number of anilines is 1. The number of aromatic amines is 1. The van der Waals surface area contributed by atoms with Crippen molar-refractivity contribution in [3.05, 3.63) is 58.9 Å². The molecule has 0 bridgehead atoms. The minimum Gasteiger partial charge on any atom is -0.481 e. The lowest BCUT2D eigenvalue weighted by atomic mass is 10.0. The fraction of sp³-hybridized carbons (Fsp3) is 0.174. The van der Waals surface area contributed by atoms with Crippen molar-refractivity contribution in [3.63, 3.8) is 0 Å². The summed E-state index contributed by atoms with van der Waals surface area (Å²) in [5.41, 5.74) is 4.92. The molecule has 0 aliphatic heterocycles. The number of amides is 1. The largest absolute Gasteiger partial charge is 0.481 e. The maximum atomic E-state index is 12.9. The average Bonchev–Trinajstić information content (AvgIpc) is 3.21. The molecule has 0 spiro atoms. The second-order valence-electron chi connectivity index (χ2n) is 6.87. The van der Waals surface area contributed by atoms with Crippen LogP contribution in [-0.2, 0) is 4.79 Å². The Morgan fingerprint density at radius 2 is 2.00 bits per heavy atom. The highest BCUT2D eigenvalue weighted by Gasteiger charge is 2.16. The van der Waals surface area contributed by atoms with E-state index >= 15 is 0 Å². The van der Waals surface area contributed by atoms with E-state index in [1.54, 1.807) is 46.2 Å². The topological polar surface area (TPSA) is 116 Å². The molecule has 31 heavy (non-hydrogen) atoms. The maximum absolute atomic E-state index is 12.9. The lowest BCUT2D eigenvalue weighted by molar-refractivity contribution is -0.112. The number of nitrogens with one attached hydrogen (secondary N) is 2. The summed E-state index contributed by atoms with van der Waals surface area (Å²) in [6, 6.07) is 11.2. The predicted octanol–water partition coefficient (Wildman–Crippen LogP) is 4.41. The summed E-state index contributed by atoms with van der Waals surface area (Å²) in [5.74, 6) is 0.0732. The summed E-state index contributed by atoms with van der Waals surface area (Å²) in [6.45, 7) is 8.73. The Morgan fingerprint density at radius 3 is 2.68 bits per heavy atom. The Bertz CT molecular complexity index is 1280. The zero-order valence-electron chi connectivity index (χ0n) is 17.8. The molecule has 0 fully saturated rings. The molecule has 8 nitrogen and oxygen atoms in total. The first-order valence-electron chi connectivity index (χ1n) is 9.45. The van der Waals surface area contributed by atoms with E-state index < -0.39 is 5.91 Å². The van der Waals surface area contributed by atoms with E-state index in [4.69, 9.17) is 10.00 Å². The minimum atomic E-state index is -0.410. The van der Waals surface area contributed by atoms with Gasteiger partial charge in [-0.2, -0.15) is 10.4 Å². The van der Waals surface area contributed by atoms with Crippen molar-refractivity contribution in [3.8, 4) is 23.2 Å². The number of carbonyl (C=O) groups excluding carboxylic acids is 1. The number of allylic oxidation sites excluding steroid dienone is 3. The van der Waals surface area contributed by atoms with Gasteiger partial charge in [-0.1, -0.05) is 0 Å². The molecule has 0 saturated heterocycles. The van der Waals surface area contributed by atoms with Gasteiger partial charge in [0.15, 0.2) is 0 Å². The van der Waals surface area contributed by atoms with Gasteiger partial charge in [-0.25, -0.2) is 4.98 Å². The Morgan fingerprint density at radius 1 is 1.23 bits per heavy atom. The third-order valence-electron chi connectivity index (χ3n) is 5.06. The second kappa shape index (κ2) is 9.05. The van der Waals surface area contributed by atoms with Gasteiger partial charge in [0.1, 0.15) is 11.4 Å². The minimum absolute atomic E-state index is 0.165. The number of hydrogen-bond acceptors (Lipinski definition) is 6. The van der Waals surface area contributed by atoms with E-state index in [1.807, 2.05) is 18.2 Å². The highest BCUT2D eigenvalue weighted by molar-refractivity contribution is 6.06. The smallest absolute Gasteiger partial charge is 0.274 e. The fourth-order valence-corrected chi connectivity index (χ4v) is 3.07. The monoisotopic (exact) mass is 414 g/mol. The first-order valence-corrected chi connectivity index (χ1v) is 9.45. The van der Waals surface area contributed by atoms with Crippen molar-refractivity contribution in [1.29, 1.82) is 5.26 Å². The average molecular weight is 414 g/mol. The SMILES string of the molecule is C=N/C(C(=O)Nc1ccc2[nH]nc(-c3ccnc(OC)c3)c2c1)=C(C)\C(C)=C(/C)C#N. The molecule has 0 unspecified atom stereocenters. The van der Waals surface area contributed by atoms with Crippen LogP contribution in [0.5, 0.6) is 5.88 Å². The number of rotatable bonds is 6. The maximum Gasteiger partial charge on any atom is 0.274 e. The van der Waals surface area contributed by atoms with Crippen LogP contribution in [0.4, 0.5) is 5.69 Å². The Balaban J connectivity index is 1.98. The van der Waals surface area contributed by atoms with E-state index in [0.717, 1.165) is 16.5 Å². The van der Waals surface area contributed by atoms with Crippen LogP contribution >= 0.6 is 0 Å². The number of nitrogens with zero attached hydrogens (tertiary/aromatic N) is 4. The number of nitriles is 1. The van der Waals surface area contributed by atoms with Gasteiger partial charge in [-0.3, -0.25) is 14.9 Å². The van der Waals surface area contributed by atoms with E-state index in [-0.39, 0.29) is 5.70 Å². The highest BCUT2D eigenvalue weighted by atomic mass is 16.5. The zero-order chi connectivity index (χ0) is 22.5. The number of methoxy groups -OCH3 is 1. The first kappa shape index (κ1) is 21.5. The number of aliphatic imine (C=N–C) groups is 1. The van der Waals surface area contributed by atoms with E-state index in [0.29, 0.717) is 34.0 Å². The van der Waals surface area contributed by atoms with Crippen molar-refractivity contribution < 1.29 is 9.53 Å². The Hall–Kier alpha value is -4.25. The van der Waals surface area contributed by atoms with E-state index in [2.05, 4.69) is 38.3 Å². The Kier molecular flexibility index (Phi) is 6.26. The standard InChI is InChI=1S/C23H22N6O2/c1-13(12-24)14(2)15(3)21(25-4)23(30)27-17-6-7-19-18(11-17)22(29-28-19)16-8-9-26-20(10-16)31-5/h6-11H,4H2,1-3,5H3,(H,27,30)(H,28,29)/b14-13+,21-15-. The lowest BCUT2D eigenvalue weighted by Gasteiger charge is -2.10. The van der Waals surface area contributed by atoms with Crippen LogP contribution < -0.4 is 10.1 Å². The molecule has 0 saturated carbocycles. The van der Waals surface area contributed by atoms with Gasteiger partial charge < -0.3 is 10.1 Å². The first-order chi connectivity index (χ1) is 14.9. The summed E-state index contributed by atoms with van der Waals surface area (Å²) in [4.78, 5) is 20.9. The Labute approximate surface area is 180 Å². The van der Waals surface area contributed by atoms with Crippen LogP contribution in [0.15, 0.2) is 63.9 Å². The molecule has 2 N–H and O–H groups in total. The number of carbonyl (C=O) groups is 1. The second-order valence-corrected chi connectivity index (χ2v) is 6.87. The van der Waals surface area contributed by atoms with Gasteiger partial charge in [-0.05, 0) is 62.9 Å². The number of benzene rings is 1. The van der Waals surface area contributed by atoms with Crippen molar-refractivity contribution in [2.75, 3.05) is 12.4 Å². The molecule has 1 amide bonds. The van der Waals surface area contributed by atoms with Crippen LogP contribution in [0.2, 0.25) is 0 Å². The van der Waals surface area contributed by atoms with Gasteiger partial charge in [-0.15, -0.1) is 0 Å². The molecule has 2 aromatic heterocycles. The van der Waals surface area contributed by atoms with E-state index in [1.165, 1.54) is 0 Å². The summed E-state index contributed by atoms with van der Waals surface area (Å²) < 4.78 is 5.20. The molecule has 1 aromatic carbocycles. The number of fused-ring (bicyclic) bond motifs is 1. The third-order valence-corrected chi connectivity index (χ3v) is 5.06. The number of hydrogen-bond donors (Lipinski definition) is 2. The molecule has 0 aliphatic rings. The molecule has 0 atom stereocenters. The van der Waals surface area contributed by atoms with Crippen molar-refractivity contribution in [1.82, 2.24) is 15.2 Å². The molecule has 2 heterocycles. The quantitative estimate of drug-likeness (QED) is 0.268. The van der Waals surface area contributed by atoms with Gasteiger partial charge in [0, 0.05) is 34.5 Å². The molecule has 0 aliphatic carbocycles. The van der Waals surface area contributed by atoms with Crippen LogP contribution in [-0.4, -0.2) is 34.9 Å². The summed E-state index contributed by atoms with van der Waals surface area (Å²) >= 11 is 0. The van der Waals surface area contributed by atoms with Crippen molar-refractivity contribution >= 4 is 29.2 Å². The molecule has 8 heteroatoms. The van der Waals surface area contributed by atoms with Crippen LogP contribution in [0, 0.1) is 11.3 Å². The van der Waals surface area contributed by atoms with Crippen LogP contribution in [0.25, 0.3) is 22.2 Å².